The van der Waals surface area contributed by atoms with Crippen molar-refractivity contribution in [3.05, 3.63) is 65.4 Å². The normalized spacial score (nSPS) is 17.3. The van der Waals surface area contributed by atoms with Gasteiger partial charge in [0.15, 0.2) is 0 Å². The average Bonchev–Trinajstić information content (AvgIpc) is 3.36. The number of hydrogen-bond acceptors (Lipinski definition) is 5. The average molecular weight is 405 g/mol. The summed E-state index contributed by atoms with van der Waals surface area (Å²) in [5.74, 6) is -0.237. The van der Waals surface area contributed by atoms with Crippen LogP contribution in [-0.4, -0.2) is 35.6 Å². The molecule has 2 aliphatic rings. The minimum absolute atomic E-state index is 0.150. The molecule has 1 spiro atoms. The first kappa shape index (κ1) is 19.2. The van der Waals surface area contributed by atoms with Crippen molar-refractivity contribution < 1.29 is 24.0 Å². The van der Waals surface area contributed by atoms with Gasteiger partial charge in [-0.2, -0.15) is 0 Å². The Kier molecular flexibility index (Phi) is 4.80. The van der Waals surface area contributed by atoms with Crippen LogP contribution in [-0.2, 0) is 24.1 Å². The largest absolute Gasteiger partial charge is 0.493 e. The van der Waals surface area contributed by atoms with Crippen molar-refractivity contribution in [1.29, 1.82) is 0 Å². The van der Waals surface area contributed by atoms with Crippen LogP contribution in [0.5, 0.6) is 5.75 Å². The van der Waals surface area contributed by atoms with Gasteiger partial charge >= 0.3 is 7.12 Å². The van der Waals surface area contributed by atoms with E-state index in [9.17, 15) is 14.8 Å². The van der Waals surface area contributed by atoms with Crippen molar-refractivity contribution in [2.24, 2.45) is 5.41 Å². The molecule has 0 bridgehead atoms. The minimum Gasteiger partial charge on any atom is -0.493 e. The monoisotopic (exact) mass is 405 g/mol. The molecule has 0 unspecified atom stereocenters. The van der Waals surface area contributed by atoms with Gasteiger partial charge in [0.25, 0.3) is 0 Å². The molecule has 154 valence electrons. The van der Waals surface area contributed by atoms with Crippen LogP contribution in [0.15, 0.2) is 53.1 Å². The minimum atomic E-state index is -1.68. The number of carbonyl (C=O) groups excluding carboxylic acids is 1. The number of rotatable bonds is 6. The molecule has 3 N–H and O–H groups in total. The zero-order chi connectivity index (χ0) is 20.7. The van der Waals surface area contributed by atoms with Crippen molar-refractivity contribution in [2.75, 3.05) is 6.61 Å². The van der Waals surface area contributed by atoms with Gasteiger partial charge in [-0.15, -0.1) is 0 Å². The summed E-state index contributed by atoms with van der Waals surface area (Å²) in [6, 6.07) is 13.5. The number of furan rings is 1. The number of ether oxygens (including phenoxy) is 1. The molecule has 3 aromatic rings. The predicted molar refractivity (Wildman–Crippen MR) is 113 cm³/mol. The molecule has 2 heterocycles. The van der Waals surface area contributed by atoms with E-state index in [0.29, 0.717) is 5.41 Å². The highest BCUT2D eigenvalue weighted by Gasteiger charge is 2.46. The molecule has 6 nitrogen and oxygen atoms in total. The highest BCUT2D eigenvalue weighted by molar-refractivity contribution is 6.43. The van der Waals surface area contributed by atoms with Crippen molar-refractivity contribution in [2.45, 2.75) is 38.0 Å². The molecule has 1 aromatic heterocycles. The molecule has 1 aliphatic carbocycles. The van der Waals surface area contributed by atoms with Crippen LogP contribution in [0.25, 0.3) is 11.0 Å². The fraction of sp³-hybridized carbons (Fsp3) is 0.348. The van der Waals surface area contributed by atoms with Gasteiger partial charge in [-0.25, -0.2) is 0 Å². The molecule has 2 aromatic carbocycles. The number of benzene rings is 2. The highest BCUT2D eigenvalue weighted by Crippen LogP contribution is 2.52. The first-order chi connectivity index (χ1) is 14.5. The highest BCUT2D eigenvalue weighted by atomic mass is 16.5. The lowest BCUT2D eigenvalue weighted by molar-refractivity contribution is -0.120. The van der Waals surface area contributed by atoms with Gasteiger partial charge in [-0.3, -0.25) is 4.79 Å². The van der Waals surface area contributed by atoms with Crippen LogP contribution in [0.4, 0.5) is 0 Å². The van der Waals surface area contributed by atoms with Gasteiger partial charge in [-0.1, -0.05) is 30.3 Å². The number of amides is 1. The molecule has 5 rings (SSSR count). The van der Waals surface area contributed by atoms with Crippen LogP contribution in [0.1, 0.15) is 29.5 Å². The molecule has 1 amide bonds. The van der Waals surface area contributed by atoms with Crippen LogP contribution >= 0.6 is 0 Å². The van der Waals surface area contributed by atoms with Crippen molar-refractivity contribution in [3.63, 3.8) is 0 Å². The Morgan fingerprint density at radius 1 is 1.20 bits per heavy atom. The third-order valence-electron chi connectivity index (χ3n) is 6.26. The molecule has 1 atom stereocenters. The molecule has 1 saturated carbocycles. The van der Waals surface area contributed by atoms with E-state index in [4.69, 9.17) is 9.15 Å². The maximum atomic E-state index is 12.6. The van der Waals surface area contributed by atoms with Crippen molar-refractivity contribution in [3.8, 4) is 5.75 Å². The second-order valence-electron chi connectivity index (χ2n) is 8.63. The summed E-state index contributed by atoms with van der Waals surface area (Å²) in [4.78, 5) is 12.6. The van der Waals surface area contributed by atoms with Gasteiger partial charge in [0.1, 0.15) is 11.3 Å². The van der Waals surface area contributed by atoms with Crippen molar-refractivity contribution >= 4 is 24.0 Å². The van der Waals surface area contributed by atoms with E-state index >= 15 is 0 Å². The summed E-state index contributed by atoms with van der Waals surface area (Å²) in [6.45, 7) is 0.757. The van der Waals surface area contributed by atoms with Gasteiger partial charge in [0.05, 0.1) is 25.2 Å². The number of carbonyl (C=O) groups is 1. The summed E-state index contributed by atoms with van der Waals surface area (Å²) >= 11 is 0. The van der Waals surface area contributed by atoms with E-state index in [2.05, 4.69) is 5.32 Å². The van der Waals surface area contributed by atoms with E-state index in [1.54, 1.807) is 6.26 Å². The summed E-state index contributed by atoms with van der Waals surface area (Å²) in [7, 11) is -1.68. The van der Waals surface area contributed by atoms with Gasteiger partial charge in [0.2, 0.25) is 5.91 Å². The standard InChI is InChI=1S/C23H24BNO5/c26-22(10-15-5-6-16-12-23(7-8-23)14-30-20(16)9-15)25-21(24(27)28)11-17-13-29-19-4-2-1-3-18(17)19/h1-6,9,13,21,27-28H,7-8,10-12,14H2,(H,25,26)/t21-/m0/s1. The van der Waals surface area contributed by atoms with Crippen LogP contribution in [0, 0.1) is 5.41 Å². The SMILES string of the molecule is O=C(Cc1ccc2c(c1)OCC1(CC1)C2)N[C@@H](Cc1coc2ccccc12)B(O)O. The van der Waals surface area contributed by atoms with Crippen LogP contribution in [0.2, 0.25) is 0 Å². The lowest BCUT2D eigenvalue weighted by Gasteiger charge is -2.25. The van der Waals surface area contributed by atoms with E-state index < -0.39 is 13.1 Å². The second-order valence-corrected chi connectivity index (χ2v) is 8.63. The van der Waals surface area contributed by atoms with E-state index in [0.717, 1.165) is 40.9 Å². The Hall–Kier alpha value is -2.77. The van der Waals surface area contributed by atoms with Crippen LogP contribution < -0.4 is 10.1 Å². The Morgan fingerprint density at radius 3 is 2.83 bits per heavy atom. The Labute approximate surface area is 175 Å². The molecule has 1 aliphatic heterocycles. The van der Waals surface area contributed by atoms with Crippen molar-refractivity contribution in [1.82, 2.24) is 5.32 Å². The van der Waals surface area contributed by atoms with Gasteiger partial charge in [0, 0.05) is 10.8 Å². The molecular formula is C23H24BNO5. The molecule has 0 radical (unpaired) electrons. The molecule has 0 saturated heterocycles. The Morgan fingerprint density at radius 2 is 2.03 bits per heavy atom. The lowest BCUT2D eigenvalue weighted by Crippen LogP contribution is -2.48. The summed E-state index contributed by atoms with van der Waals surface area (Å²) in [5, 5.41) is 23.3. The fourth-order valence-electron chi connectivity index (χ4n) is 4.28. The smallest absolute Gasteiger partial charge is 0.475 e. The third-order valence-corrected chi connectivity index (χ3v) is 6.26. The summed E-state index contributed by atoms with van der Waals surface area (Å²) in [5.41, 5.74) is 3.96. The maximum absolute atomic E-state index is 12.6. The Balaban J connectivity index is 1.25. The Bertz CT molecular complexity index is 1090. The zero-order valence-electron chi connectivity index (χ0n) is 16.6. The topological polar surface area (TPSA) is 91.9 Å². The molecule has 30 heavy (non-hydrogen) atoms. The van der Waals surface area contributed by atoms with Gasteiger partial charge in [-0.05, 0) is 54.5 Å². The van der Waals surface area contributed by atoms with Crippen LogP contribution in [0.3, 0.4) is 0 Å². The van der Waals surface area contributed by atoms with E-state index in [1.807, 2.05) is 42.5 Å². The number of para-hydroxylation sites is 1. The molecule has 1 fully saturated rings. The third kappa shape index (κ3) is 3.83. The quantitative estimate of drug-likeness (QED) is 0.548. The number of fused-ring (bicyclic) bond motifs is 2. The zero-order valence-corrected chi connectivity index (χ0v) is 16.6. The maximum Gasteiger partial charge on any atom is 0.475 e. The lowest BCUT2D eigenvalue weighted by atomic mass is 9.75. The second kappa shape index (κ2) is 7.49. The molecular weight excluding hydrogens is 381 g/mol. The summed E-state index contributed by atoms with van der Waals surface area (Å²) < 4.78 is 11.4. The van der Waals surface area contributed by atoms with Gasteiger partial charge < -0.3 is 24.5 Å². The summed E-state index contributed by atoms with van der Waals surface area (Å²) in [6.07, 6.45) is 5.51. The molecule has 7 heteroatoms. The predicted octanol–water partition coefficient (Wildman–Crippen LogP) is 2.43. The first-order valence-corrected chi connectivity index (χ1v) is 10.4. The van der Waals surface area contributed by atoms with E-state index in [1.165, 1.54) is 18.4 Å². The van der Waals surface area contributed by atoms with E-state index in [-0.39, 0.29) is 18.7 Å². The fourth-order valence-corrected chi connectivity index (χ4v) is 4.28. The number of hydrogen-bond donors (Lipinski definition) is 3. The first-order valence-electron chi connectivity index (χ1n) is 10.4. The number of nitrogens with one attached hydrogen (secondary N) is 1.